The molecule has 5 heteroatoms. The number of carbonyl (C=O) groups is 1. The van der Waals surface area contributed by atoms with Crippen LogP contribution in [0.15, 0.2) is 0 Å². The standard InChI is InChI=1S/C11H25N3O2/c1-4-10(5-6-12)14(2)9-11(15)13-7-8-16-3/h10H,4-9,12H2,1-3H3,(H,13,15). The molecule has 0 saturated heterocycles. The molecule has 0 spiro atoms. The zero-order valence-electron chi connectivity index (χ0n) is 10.7. The average Bonchev–Trinajstić information content (AvgIpc) is 2.26. The molecule has 1 atom stereocenters. The quantitative estimate of drug-likeness (QED) is 0.540. The summed E-state index contributed by atoms with van der Waals surface area (Å²) in [5, 5.41) is 2.80. The highest BCUT2D eigenvalue weighted by Crippen LogP contribution is 2.04. The second-order valence-electron chi connectivity index (χ2n) is 3.90. The van der Waals surface area contributed by atoms with Gasteiger partial charge in [0, 0.05) is 19.7 Å². The third-order valence-electron chi connectivity index (χ3n) is 2.62. The van der Waals surface area contributed by atoms with Crippen molar-refractivity contribution in [2.45, 2.75) is 25.8 Å². The average molecular weight is 231 g/mol. The van der Waals surface area contributed by atoms with Crippen LogP contribution >= 0.6 is 0 Å². The lowest BCUT2D eigenvalue weighted by Crippen LogP contribution is -2.41. The van der Waals surface area contributed by atoms with Gasteiger partial charge < -0.3 is 15.8 Å². The van der Waals surface area contributed by atoms with E-state index in [2.05, 4.69) is 17.1 Å². The Kier molecular flexibility index (Phi) is 9.18. The van der Waals surface area contributed by atoms with Gasteiger partial charge in [-0.3, -0.25) is 9.69 Å². The maximum Gasteiger partial charge on any atom is 0.234 e. The second kappa shape index (κ2) is 9.57. The molecule has 96 valence electrons. The minimum absolute atomic E-state index is 0.0371. The Bertz CT molecular complexity index is 188. The van der Waals surface area contributed by atoms with E-state index in [-0.39, 0.29) is 5.91 Å². The summed E-state index contributed by atoms with van der Waals surface area (Å²) in [5.41, 5.74) is 5.53. The lowest BCUT2D eigenvalue weighted by atomic mass is 10.1. The van der Waals surface area contributed by atoms with Gasteiger partial charge in [-0.25, -0.2) is 0 Å². The second-order valence-corrected chi connectivity index (χ2v) is 3.90. The zero-order valence-corrected chi connectivity index (χ0v) is 10.7. The molecule has 0 rings (SSSR count). The number of hydrogen-bond donors (Lipinski definition) is 2. The van der Waals surface area contributed by atoms with Crippen molar-refractivity contribution in [2.75, 3.05) is 40.4 Å². The lowest BCUT2D eigenvalue weighted by Gasteiger charge is -2.26. The molecule has 0 aromatic heterocycles. The molecule has 16 heavy (non-hydrogen) atoms. The molecule has 0 heterocycles. The smallest absolute Gasteiger partial charge is 0.234 e. The van der Waals surface area contributed by atoms with Gasteiger partial charge in [-0.05, 0) is 26.4 Å². The third-order valence-corrected chi connectivity index (χ3v) is 2.62. The number of methoxy groups -OCH3 is 1. The number of nitrogens with one attached hydrogen (secondary N) is 1. The van der Waals surface area contributed by atoms with Crippen LogP contribution < -0.4 is 11.1 Å². The van der Waals surface area contributed by atoms with Crippen LogP contribution in [0.25, 0.3) is 0 Å². The van der Waals surface area contributed by atoms with E-state index >= 15 is 0 Å². The summed E-state index contributed by atoms with van der Waals surface area (Å²) < 4.78 is 4.86. The number of hydrogen-bond acceptors (Lipinski definition) is 4. The van der Waals surface area contributed by atoms with Crippen molar-refractivity contribution in [3.63, 3.8) is 0 Å². The fourth-order valence-corrected chi connectivity index (χ4v) is 1.63. The molecule has 0 aliphatic heterocycles. The highest BCUT2D eigenvalue weighted by atomic mass is 16.5. The van der Waals surface area contributed by atoms with Gasteiger partial charge in [0.1, 0.15) is 0 Å². The number of ether oxygens (including phenoxy) is 1. The normalized spacial score (nSPS) is 12.8. The molecule has 0 aromatic carbocycles. The Hall–Kier alpha value is -0.650. The van der Waals surface area contributed by atoms with Gasteiger partial charge in [-0.15, -0.1) is 0 Å². The summed E-state index contributed by atoms with van der Waals surface area (Å²) in [6.07, 6.45) is 1.94. The maximum absolute atomic E-state index is 11.5. The maximum atomic E-state index is 11.5. The van der Waals surface area contributed by atoms with Gasteiger partial charge in [0.25, 0.3) is 0 Å². The van der Waals surface area contributed by atoms with Gasteiger partial charge in [0.15, 0.2) is 0 Å². The van der Waals surface area contributed by atoms with Crippen molar-refractivity contribution in [1.29, 1.82) is 0 Å². The van der Waals surface area contributed by atoms with E-state index < -0.39 is 0 Å². The van der Waals surface area contributed by atoms with Crippen LogP contribution in [0.3, 0.4) is 0 Å². The molecule has 3 N–H and O–H groups in total. The number of nitrogens with zero attached hydrogens (tertiary/aromatic N) is 1. The van der Waals surface area contributed by atoms with E-state index in [1.165, 1.54) is 0 Å². The molecule has 5 nitrogen and oxygen atoms in total. The Morgan fingerprint density at radius 3 is 2.75 bits per heavy atom. The summed E-state index contributed by atoms with van der Waals surface area (Å²) in [4.78, 5) is 13.6. The Morgan fingerprint density at radius 1 is 1.56 bits per heavy atom. The summed E-state index contributed by atoms with van der Waals surface area (Å²) in [6.45, 7) is 4.31. The first-order valence-corrected chi connectivity index (χ1v) is 5.81. The van der Waals surface area contributed by atoms with Gasteiger partial charge in [-0.2, -0.15) is 0 Å². The molecule has 0 aliphatic rings. The van der Waals surface area contributed by atoms with Gasteiger partial charge in [-0.1, -0.05) is 6.92 Å². The monoisotopic (exact) mass is 231 g/mol. The zero-order chi connectivity index (χ0) is 12.4. The summed E-state index contributed by atoms with van der Waals surface area (Å²) in [6, 6.07) is 0.387. The third kappa shape index (κ3) is 6.76. The van der Waals surface area contributed by atoms with Crippen molar-refractivity contribution < 1.29 is 9.53 Å². The van der Waals surface area contributed by atoms with Gasteiger partial charge in [0.2, 0.25) is 5.91 Å². The minimum atomic E-state index is 0.0371. The molecular weight excluding hydrogens is 206 g/mol. The largest absolute Gasteiger partial charge is 0.383 e. The van der Waals surface area contributed by atoms with E-state index in [0.29, 0.717) is 32.3 Å². The van der Waals surface area contributed by atoms with Crippen LogP contribution in [-0.2, 0) is 9.53 Å². The van der Waals surface area contributed by atoms with Gasteiger partial charge in [0.05, 0.1) is 13.2 Å². The number of likely N-dealkylation sites (N-methyl/N-ethyl adjacent to an activating group) is 1. The minimum Gasteiger partial charge on any atom is -0.383 e. The van der Waals surface area contributed by atoms with E-state index in [9.17, 15) is 4.79 Å². The van der Waals surface area contributed by atoms with Crippen LogP contribution in [0.2, 0.25) is 0 Å². The fourth-order valence-electron chi connectivity index (χ4n) is 1.63. The van der Waals surface area contributed by atoms with Crippen molar-refractivity contribution >= 4 is 5.91 Å². The van der Waals surface area contributed by atoms with E-state index in [4.69, 9.17) is 10.5 Å². The van der Waals surface area contributed by atoms with Crippen molar-refractivity contribution in [3.8, 4) is 0 Å². The van der Waals surface area contributed by atoms with E-state index in [0.717, 1.165) is 12.8 Å². The highest BCUT2D eigenvalue weighted by molar-refractivity contribution is 5.77. The van der Waals surface area contributed by atoms with Crippen molar-refractivity contribution in [3.05, 3.63) is 0 Å². The van der Waals surface area contributed by atoms with Crippen LogP contribution in [-0.4, -0.2) is 57.2 Å². The summed E-state index contributed by atoms with van der Waals surface area (Å²) >= 11 is 0. The molecule has 0 fully saturated rings. The highest BCUT2D eigenvalue weighted by Gasteiger charge is 2.14. The van der Waals surface area contributed by atoms with Gasteiger partial charge >= 0.3 is 0 Å². The number of rotatable bonds is 9. The molecular formula is C11H25N3O2. The molecule has 1 unspecified atom stereocenters. The number of nitrogens with two attached hydrogens (primary N) is 1. The SMILES string of the molecule is CCC(CCN)N(C)CC(=O)NCCOC. The van der Waals surface area contributed by atoms with Crippen LogP contribution in [0.1, 0.15) is 19.8 Å². The van der Waals surface area contributed by atoms with Crippen LogP contribution in [0.5, 0.6) is 0 Å². The Balaban J connectivity index is 3.82. The van der Waals surface area contributed by atoms with Crippen molar-refractivity contribution in [2.24, 2.45) is 5.73 Å². The summed E-state index contributed by atoms with van der Waals surface area (Å²) in [5.74, 6) is 0.0371. The molecule has 1 amide bonds. The summed E-state index contributed by atoms with van der Waals surface area (Å²) in [7, 11) is 3.58. The first kappa shape index (κ1) is 15.3. The molecule has 0 saturated carbocycles. The molecule has 0 radical (unpaired) electrons. The molecule has 0 aromatic rings. The lowest BCUT2D eigenvalue weighted by molar-refractivity contribution is -0.122. The number of amides is 1. The first-order valence-electron chi connectivity index (χ1n) is 5.81. The van der Waals surface area contributed by atoms with E-state index in [1.54, 1.807) is 7.11 Å². The van der Waals surface area contributed by atoms with E-state index in [1.807, 2.05) is 7.05 Å². The topological polar surface area (TPSA) is 67.6 Å². The van der Waals surface area contributed by atoms with Crippen LogP contribution in [0.4, 0.5) is 0 Å². The number of carbonyl (C=O) groups excluding carboxylic acids is 1. The Morgan fingerprint density at radius 2 is 2.25 bits per heavy atom. The Labute approximate surface area is 98.3 Å². The van der Waals surface area contributed by atoms with Crippen LogP contribution in [0, 0.1) is 0 Å². The fraction of sp³-hybridized carbons (Fsp3) is 0.909. The molecule has 0 aliphatic carbocycles. The predicted octanol–water partition coefficient (Wildman–Crippen LogP) is -0.192. The van der Waals surface area contributed by atoms with Crippen molar-refractivity contribution in [1.82, 2.24) is 10.2 Å². The first-order chi connectivity index (χ1) is 7.65. The molecule has 0 bridgehead atoms. The predicted molar refractivity (Wildman–Crippen MR) is 65.3 cm³/mol.